The van der Waals surface area contributed by atoms with Gasteiger partial charge < -0.3 is 5.32 Å². The summed E-state index contributed by atoms with van der Waals surface area (Å²) in [6, 6.07) is 6.64. The highest BCUT2D eigenvalue weighted by atomic mass is 32.1. The molecule has 1 atom stereocenters. The molecule has 1 amide bonds. The van der Waals surface area contributed by atoms with Gasteiger partial charge in [0.2, 0.25) is 0 Å². The molecule has 0 saturated carbocycles. The molecule has 3 aromatic rings. The van der Waals surface area contributed by atoms with Gasteiger partial charge in [-0.25, -0.2) is 9.67 Å². The summed E-state index contributed by atoms with van der Waals surface area (Å²) in [4.78, 5) is 21.4. The minimum Gasteiger partial charge on any atom is -0.350 e. The van der Waals surface area contributed by atoms with Crippen LogP contribution in [-0.4, -0.2) is 45.2 Å². The molecule has 1 aliphatic heterocycles. The summed E-state index contributed by atoms with van der Waals surface area (Å²) < 4.78 is 1.89. The van der Waals surface area contributed by atoms with E-state index < -0.39 is 0 Å². The second-order valence-electron chi connectivity index (χ2n) is 7.70. The highest BCUT2D eigenvalue weighted by Gasteiger charge is 2.25. The number of thiophene rings is 1. The Morgan fingerprint density at radius 2 is 2.11 bits per heavy atom. The number of likely N-dealkylation sites (tertiary alicyclic amines) is 1. The van der Waals surface area contributed by atoms with Crippen molar-refractivity contribution in [1.82, 2.24) is 25.0 Å². The van der Waals surface area contributed by atoms with Crippen LogP contribution in [0.4, 0.5) is 0 Å². The first-order chi connectivity index (χ1) is 13.5. The molecule has 4 heterocycles. The van der Waals surface area contributed by atoms with E-state index >= 15 is 0 Å². The van der Waals surface area contributed by atoms with E-state index in [1.165, 1.54) is 17.7 Å². The van der Waals surface area contributed by atoms with E-state index in [9.17, 15) is 4.79 Å². The van der Waals surface area contributed by atoms with Gasteiger partial charge in [0.25, 0.3) is 5.91 Å². The summed E-state index contributed by atoms with van der Waals surface area (Å²) in [5.74, 6) is -0.0649. The van der Waals surface area contributed by atoms with Gasteiger partial charge in [0.05, 0.1) is 23.5 Å². The predicted octanol–water partition coefficient (Wildman–Crippen LogP) is 3.95. The summed E-state index contributed by atoms with van der Waals surface area (Å²) in [7, 11) is 0. The van der Waals surface area contributed by atoms with Crippen molar-refractivity contribution in [3.05, 3.63) is 45.9 Å². The van der Waals surface area contributed by atoms with Gasteiger partial charge in [-0.2, -0.15) is 5.10 Å². The zero-order valence-electron chi connectivity index (χ0n) is 16.7. The topological polar surface area (TPSA) is 63.1 Å². The highest BCUT2D eigenvalue weighted by molar-refractivity contribution is 7.10. The van der Waals surface area contributed by atoms with Crippen molar-refractivity contribution in [2.75, 3.05) is 19.6 Å². The molecule has 3 aromatic heterocycles. The summed E-state index contributed by atoms with van der Waals surface area (Å²) in [6.07, 6.45) is 4.25. The number of pyridine rings is 1. The Balaban J connectivity index is 1.53. The first-order valence-electron chi connectivity index (χ1n) is 9.95. The average molecular weight is 398 g/mol. The van der Waals surface area contributed by atoms with Gasteiger partial charge in [0, 0.05) is 22.8 Å². The SMILES string of the molecule is Cc1nc2c(cnn2C(C)C)cc1C(=O)NCC(c1cccs1)N1CCCC1. The molecule has 7 heteroatoms. The third kappa shape index (κ3) is 3.69. The minimum absolute atomic E-state index is 0.0649. The molecule has 0 radical (unpaired) electrons. The minimum atomic E-state index is -0.0649. The number of fused-ring (bicyclic) bond motifs is 1. The maximum absolute atomic E-state index is 12.9. The van der Waals surface area contributed by atoms with Crippen molar-refractivity contribution >= 4 is 28.3 Å². The monoisotopic (exact) mass is 397 g/mol. The van der Waals surface area contributed by atoms with Gasteiger partial charge in [-0.3, -0.25) is 9.69 Å². The maximum Gasteiger partial charge on any atom is 0.253 e. The fourth-order valence-electron chi connectivity index (χ4n) is 3.90. The smallest absolute Gasteiger partial charge is 0.253 e. The molecule has 28 heavy (non-hydrogen) atoms. The lowest BCUT2D eigenvalue weighted by Gasteiger charge is -2.27. The van der Waals surface area contributed by atoms with Crippen LogP contribution < -0.4 is 5.32 Å². The van der Waals surface area contributed by atoms with Gasteiger partial charge in [-0.15, -0.1) is 11.3 Å². The number of nitrogens with one attached hydrogen (secondary N) is 1. The standard InChI is InChI=1S/C21H27N5OS/c1-14(2)26-20-16(12-23-26)11-17(15(3)24-20)21(27)22-13-18(19-7-6-10-28-19)25-8-4-5-9-25/h6-7,10-12,14,18H,4-5,8-9,13H2,1-3H3,(H,22,27). The van der Waals surface area contributed by atoms with Crippen molar-refractivity contribution in [2.45, 2.75) is 45.7 Å². The molecule has 0 aliphatic carbocycles. The Kier molecular flexibility index (Phi) is 5.46. The van der Waals surface area contributed by atoms with Crippen molar-refractivity contribution in [1.29, 1.82) is 0 Å². The number of hydrogen-bond acceptors (Lipinski definition) is 5. The molecule has 1 saturated heterocycles. The summed E-state index contributed by atoms with van der Waals surface area (Å²) >= 11 is 1.76. The van der Waals surface area contributed by atoms with E-state index in [0.717, 1.165) is 29.8 Å². The number of amides is 1. The Labute approximate surface area is 169 Å². The molecule has 4 rings (SSSR count). The molecule has 148 valence electrons. The number of carbonyl (C=O) groups excluding carboxylic acids is 1. The van der Waals surface area contributed by atoms with Crippen LogP contribution in [0.2, 0.25) is 0 Å². The average Bonchev–Trinajstić information content (AvgIpc) is 3.42. The van der Waals surface area contributed by atoms with E-state index in [4.69, 9.17) is 0 Å². The second-order valence-corrected chi connectivity index (χ2v) is 8.68. The van der Waals surface area contributed by atoms with Gasteiger partial charge in [0.15, 0.2) is 5.65 Å². The van der Waals surface area contributed by atoms with Gasteiger partial charge >= 0.3 is 0 Å². The van der Waals surface area contributed by atoms with Crippen LogP contribution in [0.15, 0.2) is 29.8 Å². The lowest BCUT2D eigenvalue weighted by Crippen LogP contribution is -2.36. The van der Waals surface area contributed by atoms with Gasteiger partial charge in [-0.05, 0) is 64.2 Å². The molecule has 1 fully saturated rings. The van der Waals surface area contributed by atoms with Crippen LogP contribution in [-0.2, 0) is 0 Å². The first kappa shape index (κ1) is 19.1. The second kappa shape index (κ2) is 8.01. The molecule has 0 bridgehead atoms. The number of aromatic nitrogens is 3. The third-order valence-electron chi connectivity index (χ3n) is 5.40. The summed E-state index contributed by atoms with van der Waals surface area (Å²) in [5.41, 5.74) is 2.20. The first-order valence-corrected chi connectivity index (χ1v) is 10.8. The largest absolute Gasteiger partial charge is 0.350 e. The number of carbonyl (C=O) groups is 1. The molecule has 0 spiro atoms. The Bertz CT molecular complexity index is 957. The van der Waals surface area contributed by atoms with Gasteiger partial charge in [0.1, 0.15) is 0 Å². The highest BCUT2D eigenvalue weighted by Crippen LogP contribution is 2.28. The summed E-state index contributed by atoms with van der Waals surface area (Å²) in [6.45, 7) is 8.85. The molecule has 1 aliphatic rings. The predicted molar refractivity (Wildman–Crippen MR) is 113 cm³/mol. The van der Waals surface area contributed by atoms with Crippen molar-refractivity contribution < 1.29 is 4.79 Å². The normalized spacial score (nSPS) is 16.1. The molecular weight excluding hydrogens is 370 g/mol. The van der Waals surface area contributed by atoms with E-state index in [1.54, 1.807) is 17.5 Å². The molecular formula is C21H27N5OS. The van der Waals surface area contributed by atoms with Crippen LogP contribution >= 0.6 is 11.3 Å². The quantitative estimate of drug-likeness (QED) is 0.684. The van der Waals surface area contributed by atoms with Crippen molar-refractivity contribution in [3.8, 4) is 0 Å². The lowest BCUT2D eigenvalue weighted by molar-refractivity contribution is 0.0937. The van der Waals surface area contributed by atoms with Crippen LogP contribution in [0, 0.1) is 6.92 Å². The number of aryl methyl sites for hydroxylation is 1. The number of rotatable bonds is 6. The Morgan fingerprint density at radius 1 is 1.32 bits per heavy atom. The lowest BCUT2D eigenvalue weighted by atomic mass is 10.1. The Morgan fingerprint density at radius 3 is 2.79 bits per heavy atom. The zero-order chi connectivity index (χ0) is 19.7. The van der Waals surface area contributed by atoms with Crippen LogP contribution in [0.3, 0.4) is 0 Å². The summed E-state index contributed by atoms with van der Waals surface area (Å²) in [5, 5.41) is 10.6. The van der Waals surface area contributed by atoms with E-state index in [1.807, 2.05) is 17.7 Å². The fourth-order valence-corrected chi connectivity index (χ4v) is 4.76. The fraction of sp³-hybridized carbons (Fsp3) is 0.476. The molecule has 0 aromatic carbocycles. The number of hydrogen-bond donors (Lipinski definition) is 1. The van der Waals surface area contributed by atoms with Crippen molar-refractivity contribution in [3.63, 3.8) is 0 Å². The van der Waals surface area contributed by atoms with E-state index in [2.05, 4.69) is 51.7 Å². The van der Waals surface area contributed by atoms with Crippen LogP contribution in [0.1, 0.15) is 59.7 Å². The number of nitrogens with zero attached hydrogens (tertiary/aromatic N) is 4. The zero-order valence-corrected chi connectivity index (χ0v) is 17.5. The van der Waals surface area contributed by atoms with Crippen LogP contribution in [0.5, 0.6) is 0 Å². The third-order valence-corrected chi connectivity index (χ3v) is 6.38. The Hall–Kier alpha value is -2.25. The molecule has 1 unspecified atom stereocenters. The van der Waals surface area contributed by atoms with E-state index in [0.29, 0.717) is 12.1 Å². The van der Waals surface area contributed by atoms with Crippen LogP contribution in [0.25, 0.3) is 11.0 Å². The maximum atomic E-state index is 12.9. The molecule has 6 nitrogen and oxygen atoms in total. The van der Waals surface area contributed by atoms with Gasteiger partial charge in [-0.1, -0.05) is 6.07 Å². The molecule has 1 N–H and O–H groups in total. The van der Waals surface area contributed by atoms with E-state index in [-0.39, 0.29) is 18.0 Å². The van der Waals surface area contributed by atoms with Crippen molar-refractivity contribution in [2.24, 2.45) is 0 Å².